The summed E-state index contributed by atoms with van der Waals surface area (Å²) in [5.41, 5.74) is 2.24. The molecule has 0 saturated heterocycles. The van der Waals surface area contributed by atoms with Gasteiger partial charge in [-0.05, 0) is 49.1 Å². The summed E-state index contributed by atoms with van der Waals surface area (Å²) >= 11 is 0.964. The van der Waals surface area contributed by atoms with Gasteiger partial charge in [-0.2, -0.15) is 0 Å². The summed E-state index contributed by atoms with van der Waals surface area (Å²) in [6.45, 7) is 8.01. The first-order valence-corrected chi connectivity index (χ1v) is 10.5. The highest BCUT2D eigenvalue weighted by molar-refractivity contribution is 7.20. The SMILES string of the molecule is CCCN(CCC)c1ccc(/C=C/c2nc3sc(C(=O)[O-])c(C)c3c(=O)[nH]2)cc1. The van der Waals surface area contributed by atoms with Crippen LogP contribution in [0.25, 0.3) is 22.4 Å². The highest BCUT2D eigenvalue weighted by Gasteiger charge is 2.14. The number of carbonyl (C=O) groups excluding carboxylic acids is 1. The van der Waals surface area contributed by atoms with E-state index in [1.807, 2.05) is 18.2 Å². The standard InChI is InChI=1S/C22H25N3O3S/c1-4-12-25(13-5-2)16-9-6-15(7-10-16)8-11-17-23-20(26)18-14(3)19(22(27)28)29-21(18)24-17/h6-11H,4-5,12-13H2,1-3H3,(H,27,28)(H,23,24,26)/p-1/b11-8+. The molecule has 0 spiro atoms. The molecule has 0 unspecified atom stereocenters. The van der Waals surface area contributed by atoms with Crippen molar-refractivity contribution in [1.82, 2.24) is 9.97 Å². The molecule has 0 aliphatic carbocycles. The minimum atomic E-state index is -1.29. The lowest BCUT2D eigenvalue weighted by atomic mass is 10.1. The van der Waals surface area contributed by atoms with Gasteiger partial charge in [0, 0.05) is 18.8 Å². The van der Waals surface area contributed by atoms with Gasteiger partial charge in [-0.1, -0.05) is 32.1 Å². The van der Waals surface area contributed by atoms with Crippen molar-refractivity contribution >= 4 is 45.4 Å². The van der Waals surface area contributed by atoms with Crippen LogP contribution in [-0.4, -0.2) is 29.0 Å². The number of aromatic carboxylic acids is 1. The van der Waals surface area contributed by atoms with Crippen LogP contribution >= 0.6 is 11.3 Å². The highest BCUT2D eigenvalue weighted by Crippen LogP contribution is 2.26. The maximum absolute atomic E-state index is 12.4. The fraction of sp³-hybridized carbons (Fsp3) is 0.318. The molecule has 2 heterocycles. The molecule has 0 radical (unpaired) electrons. The van der Waals surface area contributed by atoms with Crippen molar-refractivity contribution in [3.05, 3.63) is 56.4 Å². The van der Waals surface area contributed by atoms with E-state index in [1.165, 1.54) is 5.69 Å². The van der Waals surface area contributed by atoms with Gasteiger partial charge in [0.1, 0.15) is 10.7 Å². The molecule has 1 N–H and O–H groups in total. The number of aromatic nitrogens is 2. The lowest BCUT2D eigenvalue weighted by Gasteiger charge is -2.23. The Kier molecular flexibility index (Phi) is 6.49. The Morgan fingerprint density at radius 1 is 1.17 bits per heavy atom. The van der Waals surface area contributed by atoms with Crippen LogP contribution in [0.3, 0.4) is 0 Å². The molecule has 0 amide bonds. The summed E-state index contributed by atoms with van der Waals surface area (Å²) in [5, 5.41) is 11.5. The van der Waals surface area contributed by atoms with Gasteiger partial charge in [-0.3, -0.25) is 4.79 Å². The normalized spacial score (nSPS) is 11.4. The first-order chi connectivity index (χ1) is 13.9. The zero-order valence-corrected chi connectivity index (χ0v) is 17.6. The number of fused-ring (bicyclic) bond motifs is 1. The van der Waals surface area contributed by atoms with Gasteiger partial charge in [-0.25, -0.2) is 4.98 Å². The van der Waals surface area contributed by atoms with Crippen molar-refractivity contribution in [2.75, 3.05) is 18.0 Å². The Morgan fingerprint density at radius 2 is 1.83 bits per heavy atom. The third kappa shape index (κ3) is 4.56. The molecule has 6 nitrogen and oxygen atoms in total. The molecule has 0 saturated carbocycles. The monoisotopic (exact) mass is 410 g/mol. The molecule has 1 aromatic carbocycles. The van der Waals surface area contributed by atoms with Gasteiger partial charge in [0.15, 0.2) is 0 Å². The maximum atomic E-state index is 12.4. The van der Waals surface area contributed by atoms with E-state index in [1.54, 1.807) is 13.0 Å². The molecule has 2 aromatic heterocycles. The molecule has 3 aromatic rings. The smallest absolute Gasteiger partial charge is 0.260 e. The summed E-state index contributed by atoms with van der Waals surface area (Å²) in [6.07, 6.45) is 5.80. The number of carboxylic acid groups (broad SMARTS) is 1. The van der Waals surface area contributed by atoms with E-state index in [-0.39, 0.29) is 10.4 Å². The Balaban J connectivity index is 1.85. The number of carbonyl (C=O) groups is 1. The average molecular weight is 411 g/mol. The quantitative estimate of drug-likeness (QED) is 0.614. The molecular weight excluding hydrogens is 386 g/mol. The highest BCUT2D eigenvalue weighted by atomic mass is 32.1. The number of nitrogens with one attached hydrogen (secondary N) is 1. The van der Waals surface area contributed by atoms with E-state index >= 15 is 0 Å². The van der Waals surface area contributed by atoms with E-state index in [0.717, 1.165) is 42.8 Å². The van der Waals surface area contributed by atoms with Crippen LogP contribution in [0.15, 0.2) is 29.1 Å². The second-order valence-corrected chi connectivity index (χ2v) is 7.89. The molecule has 152 valence electrons. The van der Waals surface area contributed by atoms with Gasteiger partial charge in [-0.15, -0.1) is 11.3 Å². The summed E-state index contributed by atoms with van der Waals surface area (Å²) in [6, 6.07) is 8.26. The number of aromatic amines is 1. The van der Waals surface area contributed by atoms with Crippen LogP contribution in [0.5, 0.6) is 0 Å². The summed E-state index contributed by atoms with van der Waals surface area (Å²) < 4.78 is 0. The number of hydrogen-bond acceptors (Lipinski definition) is 6. The Labute approximate surface area is 173 Å². The summed E-state index contributed by atoms with van der Waals surface area (Å²) in [4.78, 5) is 33.5. The number of benzene rings is 1. The van der Waals surface area contributed by atoms with Crippen molar-refractivity contribution in [3.63, 3.8) is 0 Å². The van der Waals surface area contributed by atoms with Crippen LogP contribution in [0.4, 0.5) is 5.69 Å². The van der Waals surface area contributed by atoms with Crippen LogP contribution in [0.2, 0.25) is 0 Å². The van der Waals surface area contributed by atoms with Gasteiger partial charge in [0.2, 0.25) is 0 Å². The summed E-state index contributed by atoms with van der Waals surface area (Å²) in [7, 11) is 0. The average Bonchev–Trinajstić information content (AvgIpc) is 3.04. The molecule has 29 heavy (non-hydrogen) atoms. The van der Waals surface area contributed by atoms with Crippen molar-refractivity contribution in [1.29, 1.82) is 0 Å². The Hall–Kier alpha value is -2.93. The van der Waals surface area contributed by atoms with Crippen molar-refractivity contribution in [2.45, 2.75) is 33.6 Å². The maximum Gasteiger partial charge on any atom is 0.260 e. The number of thiophene rings is 1. The van der Waals surface area contributed by atoms with Crippen LogP contribution in [-0.2, 0) is 0 Å². The molecule has 0 aliphatic rings. The third-order valence-electron chi connectivity index (χ3n) is 4.68. The number of aryl methyl sites for hydroxylation is 1. The lowest BCUT2D eigenvalue weighted by molar-refractivity contribution is -0.254. The first kappa shape index (κ1) is 20.8. The van der Waals surface area contributed by atoms with Gasteiger partial charge < -0.3 is 19.8 Å². The zero-order chi connectivity index (χ0) is 21.0. The van der Waals surface area contributed by atoms with Crippen molar-refractivity contribution < 1.29 is 9.90 Å². The molecule has 7 heteroatoms. The molecule has 0 aliphatic heterocycles. The van der Waals surface area contributed by atoms with Gasteiger partial charge in [0.05, 0.1) is 16.2 Å². The fourth-order valence-corrected chi connectivity index (χ4v) is 4.34. The lowest BCUT2D eigenvalue weighted by Crippen LogP contribution is -2.24. The summed E-state index contributed by atoms with van der Waals surface area (Å²) in [5.74, 6) is -0.904. The van der Waals surface area contributed by atoms with E-state index in [2.05, 4.69) is 40.8 Å². The number of rotatable bonds is 8. The predicted octanol–water partition coefficient (Wildman–Crippen LogP) is 3.45. The van der Waals surface area contributed by atoms with Gasteiger partial charge >= 0.3 is 0 Å². The minimum Gasteiger partial charge on any atom is -0.544 e. The molecule has 0 atom stereocenters. The van der Waals surface area contributed by atoms with Crippen molar-refractivity contribution in [2.24, 2.45) is 0 Å². The molecule has 3 rings (SSSR count). The topological polar surface area (TPSA) is 89.1 Å². The number of H-pyrrole nitrogens is 1. The Morgan fingerprint density at radius 3 is 2.41 bits per heavy atom. The molecule has 0 bridgehead atoms. The van der Waals surface area contributed by atoms with E-state index < -0.39 is 5.97 Å². The molecular formula is C22H24N3O3S-. The van der Waals surface area contributed by atoms with E-state index in [0.29, 0.717) is 21.6 Å². The van der Waals surface area contributed by atoms with Crippen molar-refractivity contribution in [3.8, 4) is 0 Å². The van der Waals surface area contributed by atoms with Crippen LogP contribution in [0, 0.1) is 6.92 Å². The number of nitrogens with zero attached hydrogens (tertiary/aromatic N) is 2. The fourth-order valence-electron chi connectivity index (χ4n) is 3.32. The second-order valence-electron chi connectivity index (χ2n) is 6.89. The van der Waals surface area contributed by atoms with Crippen LogP contribution in [0.1, 0.15) is 53.3 Å². The number of hydrogen-bond donors (Lipinski definition) is 1. The van der Waals surface area contributed by atoms with E-state index in [4.69, 9.17) is 0 Å². The largest absolute Gasteiger partial charge is 0.544 e. The minimum absolute atomic E-state index is 0.0402. The first-order valence-electron chi connectivity index (χ1n) is 9.72. The molecule has 0 fully saturated rings. The zero-order valence-electron chi connectivity index (χ0n) is 16.8. The second kappa shape index (κ2) is 9.05. The van der Waals surface area contributed by atoms with E-state index in [9.17, 15) is 14.7 Å². The number of anilines is 1. The number of carboxylic acids is 1. The van der Waals surface area contributed by atoms with Gasteiger partial charge in [0.25, 0.3) is 5.56 Å². The van der Waals surface area contributed by atoms with Crippen LogP contribution < -0.4 is 15.6 Å². The predicted molar refractivity (Wildman–Crippen MR) is 117 cm³/mol. The Bertz CT molecular complexity index is 1090. The third-order valence-corrected chi connectivity index (χ3v) is 5.85.